The maximum absolute atomic E-state index is 5.97. The molecule has 3 heteroatoms. The molecule has 3 nitrogen and oxygen atoms in total. The summed E-state index contributed by atoms with van der Waals surface area (Å²) in [5.41, 5.74) is 1.12. The molecule has 0 aliphatic carbocycles. The summed E-state index contributed by atoms with van der Waals surface area (Å²) in [5.74, 6) is 0.760. The number of ether oxygens (including phenoxy) is 1. The number of fused-ring (bicyclic) bond motifs is 1. The topological polar surface area (TPSA) is 25.4 Å². The summed E-state index contributed by atoms with van der Waals surface area (Å²) in [4.78, 5) is 6.90. The zero-order valence-corrected chi connectivity index (χ0v) is 13.7. The maximum Gasteiger partial charge on any atom is 0.221 e. The van der Waals surface area contributed by atoms with Gasteiger partial charge in [0.2, 0.25) is 5.88 Å². The number of rotatable bonds is 9. The first-order valence-electron chi connectivity index (χ1n) is 8.05. The molecule has 2 aromatic rings. The molecule has 1 aromatic carbocycles. The molecule has 2 rings (SSSR count). The molecular weight excluding hydrogens is 272 g/mol. The van der Waals surface area contributed by atoms with Gasteiger partial charge < -0.3 is 4.74 Å². The van der Waals surface area contributed by atoms with Crippen LogP contribution in [0.3, 0.4) is 0 Å². The van der Waals surface area contributed by atoms with E-state index in [1.54, 1.807) is 0 Å². The highest BCUT2D eigenvalue weighted by molar-refractivity contribution is 5.87. The summed E-state index contributed by atoms with van der Waals surface area (Å²) in [5, 5.41) is 2.30. The Morgan fingerprint density at radius 2 is 2.14 bits per heavy atom. The summed E-state index contributed by atoms with van der Waals surface area (Å²) in [6, 6.07) is 10.5. The van der Waals surface area contributed by atoms with Crippen molar-refractivity contribution in [1.82, 2.24) is 9.88 Å². The average molecular weight is 298 g/mol. The summed E-state index contributed by atoms with van der Waals surface area (Å²) in [7, 11) is 2.06. The largest absolute Gasteiger partial charge is 0.476 e. The standard InChI is InChI=1S/C19H26N2O/c1-4-6-10-17-15-16-9-7-8-11-18(16)19(20-17)22-14-13-21(3)12-5-2/h5,7-9,11,15H,2,4,6,10,12-14H2,1,3H3. The second-order valence-corrected chi connectivity index (χ2v) is 5.64. The molecular formula is C19H26N2O. The van der Waals surface area contributed by atoms with Gasteiger partial charge in [0.25, 0.3) is 0 Å². The quantitative estimate of drug-likeness (QED) is 0.652. The monoisotopic (exact) mass is 298 g/mol. The summed E-state index contributed by atoms with van der Waals surface area (Å²) < 4.78 is 5.97. The Morgan fingerprint density at radius 1 is 1.32 bits per heavy atom. The highest BCUT2D eigenvalue weighted by Gasteiger charge is 2.07. The zero-order valence-electron chi connectivity index (χ0n) is 13.7. The third-order valence-electron chi connectivity index (χ3n) is 3.70. The molecule has 0 saturated carbocycles. The van der Waals surface area contributed by atoms with Crippen LogP contribution in [0.2, 0.25) is 0 Å². The molecule has 0 aliphatic rings. The van der Waals surface area contributed by atoms with Crippen LogP contribution >= 0.6 is 0 Å². The molecule has 0 atom stereocenters. The van der Waals surface area contributed by atoms with Crippen molar-refractivity contribution in [3.05, 3.63) is 48.7 Å². The van der Waals surface area contributed by atoms with E-state index in [4.69, 9.17) is 9.72 Å². The van der Waals surface area contributed by atoms with Crippen molar-refractivity contribution in [2.24, 2.45) is 0 Å². The van der Waals surface area contributed by atoms with E-state index in [0.717, 1.165) is 42.9 Å². The highest BCUT2D eigenvalue weighted by Crippen LogP contribution is 2.25. The molecule has 22 heavy (non-hydrogen) atoms. The Labute approximate surface area is 133 Å². The fourth-order valence-corrected chi connectivity index (χ4v) is 2.43. The number of hydrogen-bond donors (Lipinski definition) is 0. The Kier molecular flexibility index (Phi) is 6.41. The maximum atomic E-state index is 5.97. The van der Waals surface area contributed by atoms with Gasteiger partial charge in [-0.1, -0.05) is 37.6 Å². The van der Waals surface area contributed by atoms with Gasteiger partial charge in [0.15, 0.2) is 0 Å². The number of hydrogen-bond acceptors (Lipinski definition) is 3. The number of unbranched alkanes of at least 4 members (excludes halogenated alkanes) is 1. The van der Waals surface area contributed by atoms with E-state index in [-0.39, 0.29) is 0 Å². The van der Waals surface area contributed by atoms with Gasteiger partial charge in [0.1, 0.15) is 6.61 Å². The van der Waals surface area contributed by atoms with E-state index >= 15 is 0 Å². The van der Waals surface area contributed by atoms with E-state index in [2.05, 4.69) is 49.7 Å². The molecule has 0 bridgehead atoms. The van der Waals surface area contributed by atoms with E-state index in [1.165, 1.54) is 11.8 Å². The van der Waals surface area contributed by atoms with Gasteiger partial charge in [-0.2, -0.15) is 0 Å². The van der Waals surface area contributed by atoms with Crippen LogP contribution in [0.15, 0.2) is 43.0 Å². The predicted octanol–water partition coefficient (Wildman–Crippen LogP) is 4.07. The Hall–Kier alpha value is -1.87. The van der Waals surface area contributed by atoms with E-state index in [0.29, 0.717) is 6.61 Å². The minimum Gasteiger partial charge on any atom is -0.476 e. The van der Waals surface area contributed by atoms with Crippen molar-refractivity contribution < 1.29 is 4.74 Å². The van der Waals surface area contributed by atoms with E-state index < -0.39 is 0 Å². The minimum absolute atomic E-state index is 0.637. The van der Waals surface area contributed by atoms with Crippen molar-refractivity contribution >= 4 is 10.8 Å². The lowest BCUT2D eigenvalue weighted by Gasteiger charge is -2.15. The normalized spacial score (nSPS) is 11.0. The molecule has 1 heterocycles. The number of likely N-dealkylation sites (N-methyl/N-ethyl adjacent to an activating group) is 1. The van der Waals surface area contributed by atoms with Crippen LogP contribution < -0.4 is 4.74 Å². The fraction of sp³-hybridized carbons (Fsp3) is 0.421. The van der Waals surface area contributed by atoms with Crippen molar-refractivity contribution in [3.8, 4) is 5.88 Å². The molecule has 0 radical (unpaired) electrons. The smallest absolute Gasteiger partial charge is 0.221 e. The molecule has 0 N–H and O–H groups in total. The lowest BCUT2D eigenvalue weighted by atomic mass is 10.1. The van der Waals surface area contributed by atoms with Gasteiger partial charge in [-0.25, -0.2) is 4.98 Å². The van der Waals surface area contributed by atoms with Crippen LogP contribution in [0.1, 0.15) is 25.5 Å². The van der Waals surface area contributed by atoms with Gasteiger partial charge in [-0.15, -0.1) is 6.58 Å². The number of benzene rings is 1. The van der Waals surface area contributed by atoms with Crippen LogP contribution in [0, 0.1) is 0 Å². The molecule has 0 aliphatic heterocycles. The number of aryl methyl sites for hydroxylation is 1. The predicted molar refractivity (Wildman–Crippen MR) is 93.5 cm³/mol. The second kappa shape index (κ2) is 8.54. The van der Waals surface area contributed by atoms with Crippen LogP contribution in [-0.4, -0.2) is 36.6 Å². The van der Waals surface area contributed by atoms with E-state index in [9.17, 15) is 0 Å². The van der Waals surface area contributed by atoms with Gasteiger partial charge in [0, 0.05) is 24.2 Å². The zero-order chi connectivity index (χ0) is 15.8. The van der Waals surface area contributed by atoms with Gasteiger partial charge >= 0.3 is 0 Å². The second-order valence-electron chi connectivity index (χ2n) is 5.64. The van der Waals surface area contributed by atoms with Crippen LogP contribution in [-0.2, 0) is 6.42 Å². The Bertz CT molecular complexity index is 609. The molecule has 0 fully saturated rings. The Balaban J connectivity index is 2.13. The van der Waals surface area contributed by atoms with Crippen molar-refractivity contribution in [2.45, 2.75) is 26.2 Å². The third-order valence-corrected chi connectivity index (χ3v) is 3.70. The van der Waals surface area contributed by atoms with E-state index in [1.807, 2.05) is 12.1 Å². The molecule has 0 unspecified atom stereocenters. The molecule has 1 aromatic heterocycles. The summed E-state index contributed by atoms with van der Waals surface area (Å²) in [6.45, 7) is 8.32. The average Bonchev–Trinajstić information content (AvgIpc) is 2.53. The SMILES string of the molecule is C=CCN(C)CCOc1nc(CCCC)cc2ccccc12. The highest BCUT2D eigenvalue weighted by atomic mass is 16.5. The van der Waals surface area contributed by atoms with Crippen LogP contribution in [0.25, 0.3) is 10.8 Å². The number of pyridine rings is 1. The van der Waals surface area contributed by atoms with Gasteiger partial charge in [-0.05, 0) is 37.4 Å². The first-order chi connectivity index (χ1) is 10.7. The molecule has 0 amide bonds. The van der Waals surface area contributed by atoms with Crippen LogP contribution in [0.5, 0.6) is 5.88 Å². The van der Waals surface area contributed by atoms with Crippen molar-refractivity contribution in [3.63, 3.8) is 0 Å². The minimum atomic E-state index is 0.637. The fourth-order valence-electron chi connectivity index (χ4n) is 2.43. The van der Waals surface area contributed by atoms with Gasteiger partial charge in [-0.3, -0.25) is 4.90 Å². The molecule has 0 spiro atoms. The molecule has 118 valence electrons. The number of nitrogens with zero attached hydrogens (tertiary/aromatic N) is 2. The van der Waals surface area contributed by atoms with Gasteiger partial charge in [0.05, 0.1) is 0 Å². The number of aromatic nitrogens is 1. The summed E-state index contributed by atoms with van der Waals surface area (Å²) in [6.07, 6.45) is 5.25. The first-order valence-corrected chi connectivity index (χ1v) is 8.05. The first kappa shape index (κ1) is 16.5. The van der Waals surface area contributed by atoms with Crippen molar-refractivity contribution in [2.75, 3.05) is 26.7 Å². The Morgan fingerprint density at radius 3 is 2.91 bits per heavy atom. The third kappa shape index (κ3) is 4.57. The lowest BCUT2D eigenvalue weighted by molar-refractivity contribution is 0.245. The van der Waals surface area contributed by atoms with Crippen molar-refractivity contribution in [1.29, 1.82) is 0 Å². The van der Waals surface area contributed by atoms with Crippen LogP contribution in [0.4, 0.5) is 0 Å². The lowest BCUT2D eigenvalue weighted by Crippen LogP contribution is -2.24. The molecule has 0 saturated heterocycles. The summed E-state index contributed by atoms with van der Waals surface area (Å²) >= 11 is 0.